The lowest BCUT2D eigenvalue weighted by atomic mass is 9.93. The predicted molar refractivity (Wildman–Crippen MR) is 134 cm³/mol. The number of nitrogens with zero attached hydrogens (tertiary/aromatic N) is 2. The Morgan fingerprint density at radius 1 is 1.23 bits per heavy atom. The van der Waals surface area contributed by atoms with Crippen LogP contribution in [-0.4, -0.2) is 52.0 Å². The number of phenols is 1. The summed E-state index contributed by atoms with van der Waals surface area (Å²) in [6.07, 6.45) is 4.06. The zero-order valence-electron chi connectivity index (χ0n) is 20.6. The largest absolute Gasteiger partial charge is 0.507 e. The molecule has 2 aliphatic heterocycles. The van der Waals surface area contributed by atoms with Crippen molar-refractivity contribution in [2.45, 2.75) is 58.6 Å². The Morgan fingerprint density at radius 3 is 2.71 bits per heavy atom. The molecule has 5 rings (SSSR count). The number of aromatic hydroxyl groups is 1. The number of amides is 1. The first-order valence-electron chi connectivity index (χ1n) is 12.5. The van der Waals surface area contributed by atoms with Gasteiger partial charge in [0.1, 0.15) is 22.9 Å². The standard InChI is InChI=1S/C28H33N3O4/c1-4-5-12-34-20-10-8-19(9-11-20)27-24-25(23-18(3)14-17(2)15-22(23)32)29-30-26(24)28(33)31(27)16-21-7-6-13-35-21/h8-11,14-15,21,27,32H,4-7,12-13,16H2,1-3H3,(H,29,30). The van der Waals surface area contributed by atoms with Gasteiger partial charge in [-0.25, -0.2) is 0 Å². The fraction of sp³-hybridized carbons (Fsp3) is 0.429. The summed E-state index contributed by atoms with van der Waals surface area (Å²) in [4.78, 5) is 15.5. The van der Waals surface area contributed by atoms with Crippen molar-refractivity contribution < 1.29 is 19.4 Å². The third kappa shape index (κ3) is 4.41. The number of carbonyl (C=O) groups excluding carboxylic acids is 1. The van der Waals surface area contributed by atoms with Crippen LogP contribution in [-0.2, 0) is 4.74 Å². The Labute approximate surface area is 206 Å². The molecule has 184 valence electrons. The number of aromatic nitrogens is 2. The molecule has 7 nitrogen and oxygen atoms in total. The number of carbonyl (C=O) groups is 1. The van der Waals surface area contributed by atoms with Crippen molar-refractivity contribution in [1.29, 1.82) is 0 Å². The number of benzene rings is 2. The molecule has 2 aliphatic rings. The van der Waals surface area contributed by atoms with E-state index in [1.165, 1.54) is 0 Å². The van der Waals surface area contributed by atoms with Crippen molar-refractivity contribution in [1.82, 2.24) is 15.1 Å². The number of ether oxygens (including phenoxy) is 2. The molecule has 2 aromatic carbocycles. The average molecular weight is 476 g/mol. The predicted octanol–water partition coefficient (Wildman–Crippen LogP) is 5.30. The fourth-order valence-electron chi connectivity index (χ4n) is 5.26. The average Bonchev–Trinajstić information content (AvgIpc) is 3.54. The molecule has 0 radical (unpaired) electrons. The SMILES string of the molecule is CCCCOc1ccc(C2c3c(-c4c(C)cc(C)cc4O)n[nH]c3C(=O)N2CC2CCCO2)cc1. The van der Waals surface area contributed by atoms with E-state index >= 15 is 0 Å². The van der Waals surface area contributed by atoms with Crippen LogP contribution in [0.3, 0.4) is 0 Å². The van der Waals surface area contributed by atoms with Gasteiger partial charge < -0.3 is 19.5 Å². The van der Waals surface area contributed by atoms with Crippen molar-refractivity contribution in [3.05, 3.63) is 64.3 Å². The molecule has 2 N–H and O–H groups in total. The molecule has 0 bridgehead atoms. The Hall–Kier alpha value is -3.32. The highest BCUT2D eigenvalue weighted by Crippen LogP contribution is 2.46. The molecule has 0 spiro atoms. The summed E-state index contributed by atoms with van der Waals surface area (Å²) in [6.45, 7) is 7.98. The van der Waals surface area contributed by atoms with Crippen molar-refractivity contribution in [2.75, 3.05) is 19.8 Å². The summed E-state index contributed by atoms with van der Waals surface area (Å²) in [5.41, 5.74) is 5.42. The van der Waals surface area contributed by atoms with Gasteiger partial charge in [0.15, 0.2) is 0 Å². The van der Waals surface area contributed by atoms with E-state index in [1.807, 2.05) is 49.1 Å². The van der Waals surface area contributed by atoms with Crippen LogP contribution >= 0.6 is 0 Å². The lowest BCUT2D eigenvalue weighted by Crippen LogP contribution is -2.36. The van der Waals surface area contributed by atoms with Gasteiger partial charge in [0.05, 0.1) is 18.8 Å². The molecule has 1 aromatic heterocycles. The summed E-state index contributed by atoms with van der Waals surface area (Å²) in [6, 6.07) is 11.4. The second-order valence-electron chi connectivity index (χ2n) is 9.60. The molecule has 1 amide bonds. The van der Waals surface area contributed by atoms with Gasteiger partial charge in [-0.3, -0.25) is 9.89 Å². The minimum absolute atomic E-state index is 0.0213. The molecule has 2 unspecified atom stereocenters. The highest BCUT2D eigenvalue weighted by atomic mass is 16.5. The van der Waals surface area contributed by atoms with Gasteiger partial charge in [0.2, 0.25) is 0 Å². The number of phenolic OH excluding ortho intramolecular Hbond substituents is 1. The highest BCUT2D eigenvalue weighted by Gasteiger charge is 2.43. The minimum Gasteiger partial charge on any atom is -0.507 e. The molecule has 1 fully saturated rings. The first-order valence-corrected chi connectivity index (χ1v) is 12.5. The Morgan fingerprint density at radius 2 is 2.03 bits per heavy atom. The smallest absolute Gasteiger partial charge is 0.273 e. The van der Waals surface area contributed by atoms with E-state index in [0.29, 0.717) is 30.1 Å². The third-order valence-corrected chi connectivity index (χ3v) is 6.95. The normalized spacial score (nSPS) is 19.4. The van der Waals surface area contributed by atoms with E-state index in [9.17, 15) is 9.90 Å². The summed E-state index contributed by atoms with van der Waals surface area (Å²) in [5.74, 6) is 0.892. The van der Waals surface area contributed by atoms with Gasteiger partial charge in [-0.15, -0.1) is 0 Å². The molecule has 0 aliphatic carbocycles. The Balaban J connectivity index is 1.57. The quantitative estimate of drug-likeness (QED) is 0.432. The van der Waals surface area contributed by atoms with E-state index in [0.717, 1.165) is 60.3 Å². The van der Waals surface area contributed by atoms with Gasteiger partial charge in [0, 0.05) is 24.3 Å². The minimum atomic E-state index is -0.333. The number of fused-ring (bicyclic) bond motifs is 1. The topological polar surface area (TPSA) is 87.7 Å². The van der Waals surface area contributed by atoms with E-state index < -0.39 is 0 Å². The van der Waals surface area contributed by atoms with Crippen molar-refractivity contribution in [3.63, 3.8) is 0 Å². The summed E-state index contributed by atoms with van der Waals surface area (Å²) in [5, 5.41) is 18.4. The lowest BCUT2D eigenvalue weighted by molar-refractivity contribution is 0.0495. The van der Waals surface area contributed by atoms with E-state index in [1.54, 1.807) is 6.07 Å². The molecule has 3 heterocycles. The van der Waals surface area contributed by atoms with Crippen LogP contribution in [0.4, 0.5) is 0 Å². The van der Waals surface area contributed by atoms with Crippen LogP contribution in [0.15, 0.2) is 36.4 Å². The first-order chi connectivity index (χ1) is 17.0. The fourth-order valence-corrected chi connectivity index (χ4v) is 5.26. The molecule has 1 saturated heterocycles. The van der Waals surface area contributed by atoms with Crippen LogP contribution in [0.5, 0.6) is 11.5 Å². The molecular weight excluding hydrogens is 442 g/mol. The van der Waals surface area contributed by atoms with Crippen molar-refractivity contribution in [2.24, 2.45) is 0 Å². The zero-order chi connectivity index (χ0) is 24.5. The van der Waals surface area contributed by atoms with Crippen LogP contribution < -0.4 is 4.74 Å². The maximum Gasteiger partial charge on any atom is 0.273 e. The summed E-state index contributed by atoms with van der Waals surface area (Å²) in [7, 11) is 0. The van der Waals surface area contributed by atoms with Gasteiger partial charge >= 0.3 is 0 Å². The highest BCUT2D eigenvalue weighted by molar-refractivity contribution is 6.00. The van der Waals surface area contributed by atoms with Crippen molar-refractivity contribution in [3.8, 4) is 22.8 Å². The summed E-state index contributed by atoms with van der Waals surface area (Å²) >= 11 is 0. The molecule has 2 atom stereocenters. The molecule has 35 heavy (non-hydrogen) atoms. The number of rotatable bonds is 8. The van der Waals surface area contributed by atoms with Gasteiger partial charge in [-0.1, -0.05) is 31.5 Å². The van der Waals surface area contributed by atoms with E-state index in [4.69, 9.17) is 9.47 Å². The van der Waals surface area contributed by atoms with Crippen LogP contribution in [0.1, 0.15) is 71.4 Å². The maximum atomic E-state index is 13.6. The van der Waals surface area contributed by atoms with E-state index in [-0.39, 0.29) is 23.8 Å². The van der Waals surface area contributed by atoms with Crippen LogP contribution in [0.25, 0.3) is 11.3 Å². The van der Waals surface area contributed by atoms with Crippen LogP contribution in [0.2, 0.25) is 0 Å². The Kier molecular flexibility index (Phi) is 6.52. The van der Waals surface area contributed by atoms with Crippen LogP contribution in [0, 0.1) is 13.8 Å². The molecule has 3 aromatic rings. The number of aryl methyl sites for hydroxylation is 2. The monoisotopic (exact) mass is 475 g/mol. The van der Waals surface area contributed by atoms with Gasteiger partial charge in [0.25, 0.3) is 5.91 Å². The van der Waals surface area contributed by atoms with Crippen molar-refractivity contribution >= 4 is 5.91 Å². The van der Waals surface area contributed by atoms with E-state index in [2.05, 4.69) is 17.1 Å². The number of unbranched alkanes of at least 4 members (excludes halogenated alkanes) is 1. The zero-order valence-corrected chi connectivity index (χ0v) is 20.6. The Bertz CT molecular complexity index is 1190. The third-order valence-electron chi connectivity index (χ3n) is 6.95. The number of H-pyrrole nitrogens is 1. The maximum absolute atomic E-state index is 13.6. The number of aromatic amines is 1. The van der Waals surface area contributed by atoms with Gasteiger partial charge in [-0.05, 0) is 68.0 Å². The lowest BCUT2D eigenvalue weighted by Gasteiger charge is -2.28. The molecule has 0 saturated carbocycles. The van der Waals surface area contributed by atoms with Gasteiger partial charge in [-0.2, -0.15) is 5.10 Å². The molecule has 7 heteroatoms. The summed E-state index contributed by atoms with van der Waals surface area (Å²) < 4.78 is 11.7. The number of nitrogens with one attached hydrogen (secondary N) is 1. The second kappa shape index (κ2) is 9.74. The first kappa shape index (κ1) is 23.4. The molecular formula is C28H33N3O4. The second-order valence-corrected chi connectivity index (χ2v) is 9.60. The number of hydrogen-bond acceptors (Lipinski definition) is 5. The number of hydrogen-bond donors (Lipinski definition) is 2.